The maximum Gasteiger partial charge on any atom is 0.0162 e. The Labute approximate surface area is 317 Å². The quantitative estimate of drug-likeness (QED) is 0.162. The van der Waals surface area contributed by atoms with Gasteiger partial charge in [0.25, 0.3) is 0 Å². The van der Waals surface area contributed by atoms with Gasteiger partial charge in [-0.15, -0.1) is 0 Å². The van der Waals surface area contributed by atoms with Gasteiger partial charge in [-0.3, -0.25) is 0 Å². The van der Waals surface area contributed by atoms with Crippen LogP contribution in [0.25, 0.3) is 88.0 Å². The van der Waals surface area contributed by atoms with Crippen LogP contribution in [-0.2, 0) is 10.8 Å². The molecule has 0 atom stereocenters. The van der Waals surface area contributed by atoms with Gasteiger partial charge in [-0.05, 0) is 128 Å². The van der Waals surface area contributed by atoms with Crippen LogP contribution >= 0.6 is 0 Å². The van der Waals surface area contributed by atoms with E-state index in [-0.39, 0.29) is 10.8 Å². The van der Waals surface area contributed by atoms with Gasteiger partial charge in [0.1, 0.15) is 0 Å². The van der Waals surface area contributed by atoms with E-state index in [2.05, 4.69) is 198 Å². The summed E-state index contributed by atoms with van der Waals surface area (Å²) in [5.74, 6) is 0. The molecular formula is C54H40. The van der Waals surface area contributed by atoms with Crippen LogP contribution in [-0.4, -0.2) is 0 Å². The smallest absolute Gasteiger partial charge is 0.0162 e. The Kier molecular flexibility index (Phi) is 6.46. The first-order chi connectivity index (χ1) is 26.3. The van der Waals surface area contributed by atoms with Crippen LogP contribution in [0.1, 0.15) is 49.9 Å². The van der Waals surface area contributed by atoms with E-state index >= 15 is 0 Å². The van der Waals surface area contributed by atoms with Gasteiger partial charge in [0.05, 0.1) is 0 Å². The Hall–Kier alpha value is -6.24. The van der Waals surface area contributed by atoms with Crippen molar-refractivity contribution in [2.75, 3.05) is 0 Å². The Balaban J connectivity index is 1.01. The second-order valence-electron chi connectivity index (χ2n) is 16.5. The highest BCUT2D eigenvalue weighted by Gasteiger charge is 2.45. The largest absolute Gasteiger partial charge is 0.0622 e. The summed E-state index contributed by atoms with van der Waals surface area (Å²) in [6.07, 6.45) is 0. The van der Waals surface area contributed by atoms with Crippen LogP contribution in [0.15, 0.2) is 170 Å². The molecule has 2 aliphatic rings. The van der Waals surface area contributed by atoms with Crippen molar-refractivity contribution in [3.63, 3.8) is 0 Å². The van der Waals surface area contributed by atoms with Gasteiger partial charge in [-0.2, -0.15) is 0 Å². The highest BCUT2D eigenvalue weighted by Crippen LogP contribution is 2.59. The van der Waals surface area contributed by atoms with E-state index in [9.17, 15) is 0 Å². The van der Waals surface area contributed by atoms with Crippen molar-refractivity contribution in [3.05, 3.63) is 192 Å². The fourth-order valence-electron chi connectivity index (χ4n) is 10.3. The van der Waals surface area contributed by atoms with Gasteiger partial charge in [0.15, 0.2) is 0 Å². The van der Waals surface area contributed by atoms with E-state index in [1.165, 1.54) is 110 Å². The summed E-state index contributed by atoms with van der Waals surface area (Å²) >= 11 is 0. The minimum Gasteiger partial charge on any atom is -0.0622 e. The fraction of sp³-hybridized carbons (Fsp3) is 0.111. The van der Waals surface area contributed by atoms with Gasteiger partial charge in [-0.25, -0.2) is 0 Å². The standard InChI is InChI=1S/C54H40/c1-53(2)47-21-13-12-16-39(47)45-28-29-46-40-27-26-37(32-48(40)54(3,4)52(46)51(45)53)35-22-23-36-31-38(25-24-34(36)30-35)50-43-19-10-8-17-41(43)49(33-14-6-5-7-15-33)42-18-9-11-20-44(42)50/h5-32H,1-4H3. The zero-order valence-electron chi connectivity index (χ0n) is 31.2. The third-order valence-corrected chi connectivity index (χ3v) is 12.8. The maximum absolute atomic E-state index is 2.47. The van der Waals surface area contributed by atoms with Crippen LogP contribution in [0, 0.1) is 0 Å². The molecule has 54 heavy (non-hydrogen) atoms. The second kappa shape index (κ2) is 11.1. The molecule has 11 rings (SSSR count). The molecule has 256 valence electrons. The number of fused-ring (bicyclic) bond motifs is 10. The van der Waals surface area contributed by atoms with E-state index in [4.69, 9.17) is 0 Å². The molecule has 9 aromatic carbocycles. The summed E-state index contributed by atoms with van der Waals surface area (Å²) in [6, 6.07) is 63.6. The number of hydrogen-bond donors (Lipinski definition) is 0. The minimum absolute atomic E-state index is 0.0425. The summed E-state index contributed by atoms with van der Waals surface area (Å²) in [4.78, 5) is 0. The zero-order chi connectivity index (χ0) is 36.3. The van der Waals surface area contributed by atoms with E-state index < -0.39 is 0 Å². The summed E-state index contributed by atoms with van der Waals surface area (Å²) in [5.41, 5.74) is 18.9. The predicted octanol–water partition coefficient (Wildman–Crippen LogP) is 14.8. The molecule has 0 amide bonds. The van der Waals surface area contributed by atoms with E-state index in [1.54, 1.807) is 0 Å². The van der Waals surface area contributed by atoms with Crippen LogP contribution in [0.2, 0.25) is 0 Å². The summed E-state index contributed by atoms with van der Waals surface area (Å²) < 4.78 is 0. The van der Waals surface area contributed by atoms with Gasteiger partial charge < -0.3 is 0 Å². The Morgan fingerprint density at radius 3 is 1.35 bits per heavy atom. The van der Waals surface area contributed by atoms with E-state index in [0.717, 1.165) is 0 Å². The third-order valence-electron chi connectivity index (χ3n) is 12.8. The van der Waals surface area contributed by atoms with Crippen LogP contribution < -0.4 is 0 Å². The molecular weight excluding hydrogens is 649 g/mol. The topological polar surface area (TPSA) is 0 Å². The van der Waals surface area contributed by atoms with Gasteiger partial charge >= 0.3 is 0 Å². The summed E-state index contributed by atoms with van der Waals surface area (Å²) in [7, 11) is 0. The lowest BCUT2D eigenvalue weighted by molar-refractivity contribution is 0.601. The highest BCUT2D eigenvalue weighted by atomic mass is 14.5. The van der Waals surface area contributed by atoms with Gasteiger partial charge in [0.2, 0.25) is 0 Å². The first kappa shape index (κ1) is 31.3. The first-order valence-corrected chi connectivity index (χ1v) is 19.3. The molecule has 0 fully saturated rings. The fourth-order valence-corrected chi connectivity index (χ4v) is 10.3. The van der Waals surface area contributed by atoms with Gasteiger partial charge in [-0.1, -0.05) is 179 Å². The molecule has 9 aromatic rings. The zero-order valence-corrected chi connectivity index (χ0v) is 31.2. The molecule has 0 heteroatoms. The monoisotopic (exact) mass is 688 g/mol. The molecule has 2 aliphatic carbocycles. The summed E-state index contributed by atoms with van der Waals surface area (Å²) in [5, 5.41) is 7.64. The molecule has 0 spiro atoms. The van der Waals surface area contributed by atoms with Crippen LogP contribution in [0.4, 0.5) is 0 Å². The second-order valence-corrected chi connectivity index (χ2v) is 16.5. The number of hydrogen-bond acceptors (Lipinski definition) is 0. The molecule has 0 bridgehead atoms. The molecule has 0 N–H and O–H groups in total. The Bertz CT molecular complexity index is 2970. The SMILES string of the molecule is CC1(C)c2ccccc2-c2ccc3c(c21)C(C)(C)c1cc(-c2ccc4cc(-c5c6ccccc6c(-c6ccccc6)c6ccccc56)ccc4c2)ccc1-3. The van der Waals surface area contributed by atoms with E-state index in [1.807, 2.05) is 0 Å². The highest BCUT2D eigenvalue weighted by molar-refractivity contribution is 6.21. The molecule has 0 radical (unpaired) electrons. The van der Waals surface area contributed by atoms with Gasteiger partial charge in [0, 0.05) is 10.8 Å². The normalized spacial score (nSPS) is 14.6. The van der Waals surface area contributed by atoms with Crippen molar-refractivity contribution >= 4 is 32.3 Å². The first-order valence-electron chi connectivity index (χ1n) is 19.3. The number of benzene rings is 9. The van der Waals surface area contributed by atoms with Crippen LogP contribution in [0.5, 0.6) is 0 Å². The van der Waals surface area contributed by atoms with Crippen molar-refractivity contribution < 1.29 is 0 Å². The molecule has 0 unspecified atom stereocenters. The minimum atomic E-state index is -0.112. The van der Waals surface area contributed by atoms with Crippen molar-refractivity contribution in [2.45, 2.75) is 38.5 Å². The Morgan fingerprint density at radius 1 is 0.296 bits per heavy atom. The molecule has 0 saturated carbocycles. The molecule has 0 saturated heterocycles. The predicted molar refractivity (Wildman–Crippen MR) is 230 cm³/mol. The lowest BCUT2D eigenvalue weighted by atomic mass is 9.72. The molecule has 0 aliphatic heterocycles. The van der Waals surface area contributed by atoms with Crippen molar-refractivity contribution in [1.29, 1.82) is 0 Å². The number of rotatable bonds is 3. The van der Waals surface area contributed by atoms with Crippen LogP contribution in [0.3, 0.4) is 0 Å². The third kappa shape index (κ3) is 4.26. The molecule has 0 heterocycles. The molecule has 0 nitrogen and oxygen atoms in total. The van der Waals surface area contributed by atoms with Crippen molar-refractivity contribution in [3.8, 4) is 55.6 Å². The average molecular weight is 689 g/mol. The van der Waals surface area contributed by atoms with E-state index in [0.29, 0.717) is 0 Å². The average Bonchev–Trinajstić information content (AvgIpc) is 3.58. The molecule has 0 aromatic heterocycles. The van der Waals surface area contributed by atoms with Crippen molar-refractivity contribution in [1.82, 2.24) is 0 Å². The summed E-state index contributed by atoms with van der Waals surface area (Å²) in [6.45, 7) is 9.69. The lowest BCUT2D eigenvalue weighted by Crippen LogP contribution is -2.24. The lowest BCUT2D eigenvalue weighted by Gasteiger charge is -2.30. The Morgan fingerprint density at radius 2 is 0.722 bits per heavy atom. The van der Waals surface area contributed by atoms with Crippen molar-refractivity contribution in [2.24, 2.45) is 0 Å². The maximum atomic E-state index is 2.47.